The minimum absolute atomic E-state index is 0.0425. The van der Waals surface area contributed by atoms with Gasteiger partial charge < -0.3 is 10.2 Å². The summed E-state index contributed by atoms with van der Waals surface area (Å²) in [5.41, 5.74) is 1.13. The molecule has 0 radical (unpaired) electrons. The molecule has 2 aromatic heterocycles. The standard InChI is InChI=1S/C17H22N4O2S/c1-4-9-21-16(23)14-11-7-5-6-8-12(11)24-15(14)19-17(21)18-10-13(22)20(2)3/h4H,1,5-10H2,2-3H3,(H,18,19). The Balaban J connectivity index is 2.08. The average molecular weight is 346 g/mol. The number of allylic oxidation sites excluding steroid dienone is 1. The van der Waals surface area contributed by atoms with Gasteiger partial charge in [-0.25, -0.2) is 4.98 Å². The van der Waals surface area contributed by atoms with E-state index in [4.69, 9.17) is 0 Å². The van der Waals surface area contributed by atoms with Crippen LogP contribution in [0.3, 0.4) is 0 Å². The monoisotopic (exact) mass is 346 g/mol. The van der Waals surface area contributed by atoms with Gasteiger partial charge in [-0.3, -0.25) is 14.2 Å². The van der Waals surface area contributed by atoms with Crippen LogP contribution in [-0.4, -0.2) is 41.0 Å². The number of hydrogen-bond donors (Lipinski definition) is 1. The van der Waals surface area contributed by atoms with Crippen molar-refractivity contribution in [3.63, 3.8) is 0 Å². The highest BCUT2D eigenvalue weighted by Crippen LogP contribution is 2.34. The Morgan fingerprint density at radius 1 is 1.42 bits per heavy atom. The van der Waals surface area contributed by atoms with Gasteiger partial charge in [0.2, 0.25) is 11.9 Å². The number of carbonyl (C=O) groups is 1. The van der Waals surface area contributed by atoms with Crippen LogP contribution in [0.5, 0.6) is 0 Å². The van der Waals surface area contributed by atoms with Crippen LogP contribution in [0, 0.1) is 0 Å². The highest BCUT2D eigenvalue weighted by molar-refractivity contribution is 7.18. The molecule has 6 nitrogen and oxygen atoms in total. The van der Waals surface area contributed by atoms with E-state index in [1.165, 1.54) is 21.8 Å². The van der Waals surface area contributed by atoms with Gasteiger partial charge in [-0.2, -0.15) is 0 Å². The summed E-state index contributed by atoms with van der Waals surface area (Å²) in [6.07, 6.45) is 5.94. The lowest BCUT2D eigenvalue weighted by atomic mass is 9.97. The molecule has 1 aliphatic carbocycles. The number of rotatable bonds is 5. The summed E-state index contributed by atoms with van der Waals surface area (Å²) in [7, 11) is 3.40. The summed E-state index contributed by atoms with van der Waals surface area (Å²) in [6.45, 7) is 4.20. The van der Waals surface area contributed by atoms with Crippen LogP contribution >= 0.6 is 11.3 Å². The number of fused-ring (bicyclic) bond motifs is 3. The molecule has 7 heteroatoms. The molecule has 24 heavy (non-hydrogen) atoms. The minimum atomic E-state index is -0.0695. The molecule has 3 rings (SSSR count). The minimum Gasteiger partial charge on any atom is -0.347 e. The Hall–Kier alpha value is -2.15. The van der Waals surface area contributed by atoms with E-state index < -0.39 is 0 Å². The first-order chi connectivity index (χ1) is 11.5. The van der Waals surface area contributed by atoms with Crippen LogP contribution in [0.25, 0.3) is 10.2 Å². The Labute approximate surface area is 144 Å². The first-order valence-electron chi connectivity index (χ1n) is 8.13. The second kappa shape index (κ2) is 6.76. The number of carbonyl (C=O) groups excluding carboxylic acids is 1. The zero-order valence-corrected chi connectivity index (χ0v) is 14.9. The molecule has 1 amide bonds. The summed E-state index contributed by atoms with van der Waals surface area (Å²) in [5, 5.41) is 3.76. The van der Waals surface area contributed by atoms with Gasteiger partial charge in [-0.1, -0.05) is 6.08 Å². The third-order valence-electron chi connectivity index (χ3n) is 4.28. The zero-order valence-electron chi connectivity index (χ0n) is 14.1. The lowest BCUT2D eigenvalue weighted by Crippen LogP contribution is -2.31. The van der Waals surface area contributed by atoms with Gasteiger partial charge in [0, 0.05) is 25.5 Å². The number of hydrogen-bond acceptors (Lipinski definition) is 5. The van der Waals surface area contributed by atoms with Crippen LogP contribution in [0.1, 0.15) is 23.3 Å². The number of nitrogens with one attached hydrogen (secondary N) is 1. The van der Waals surface area contributed by atoms with Crippen molar-refractivity contribution in [2.45, 2.75) is 32.2 Å². The Morgan fingerprint density at radius 3 is 2.88 bits per heavy atom. The molecule has 0 unspecified atom stereocenters. The quantitative estimate of drug-likeness (QED) is 0.841. The largest absolute Gasteiger partial charge is 0.347 e. The maximum atomic E-state index is 13.0. The van der Waals surface area contributed by atoms with Crippen molar-refractivity contribution in [1.82, 2.24) is 14.5 Å². The van der Waals surface area contributed by atoms with E-state index in [1.54, 1.807) is 36.1 Å². The smallest absolute Gasteiger partial charge is 0.264 e. The van der Waals surface area contributed by atoms with Gasteiger partial charge in [0.05, 0.1) is 11.9 Å². The molecule has 0 saturated heterocycles. The van der Waals surface area contributed by atoms with Gasteiger partial charge in [0.1, 0.15) is 4.83 Å². The number of anilines is 1. The third kappa shape index (κ3) is 2.96. The SMILES string of the molecule is C=CCn1c(NCC(=O)N(C)C)nc2sc3c(c2c1=O)CCCC3. The van der Waals surface area contributed by atoms with Gasteiger partial charge in [0.15, 0.2) is 0 Å². The first kappa shape index (κ1) is 16.7. The molecule has 0 aromatic carbocycles. The van der Waals surface area contributed by atoms with E-state index in [0.29, 0.717) is 12.5 Å². The fourth-order valence-corrected chi connectivity index (χ4v) is 4.24. The van der Waals surface area contributed by atoms with E-state index in [2.05, 4.69) is 16.9 Å². The van der Waals surface area contributed by atoms with Crippen molar-refractivity contribution in [2.24, 2.45) is 0 Å². The topological polar surface area (TPSA) is 67.2 Å². The van der Waals surface area contributed by atoms with Crippen LogP contribution in [0.2, 0.25) is 0 Å². The molecule has 0 saturated carbocycles. The molecule has 0 atom stereocenters. The van der Waals surface area contributed by atoms with Crippen LogP contribution in [-0.2, 0) is 24.2 Å². The van der Waals surface area contributed by atoms with E-state index in [0.717, 1.165) is 29.5 Å². The van der Waals surface area contributed by atoms with Crippen molar-refractivity contribution in [1.29, 1.82) is 0 Å². The third-order valence-corrected chi connectivity index (χ3v) is 5.47. The van der Waals surface area contributed by atoms with Crippen molar-refractivity contribution >= 4 is 33.4 Å². The predicted octanol–water partition coefficient (Wildman–Crippen LogP) is 2.02. The fraction of sp³-hybridized carbons (Fsp3) is 0.471. The van der Waals surface area contributed by atoms with E-state index in [1.807, 2.05) is 0 Å². The van der Waals surface area contributed by atoms with E-state index in [9.17, 15) is 9.59 Å². The van der Waals surface area contributed by atoms with E-state index >= 15 is 0 Å². The second-order valence-corrected chi connectivity index (χ2v) is 7.26. The normalized spacial score (nSPS) is 13.6. The Morgan fingerprint density at radius 2 is 2.17 bits per heavy atom. The van der Waals surface area contributed by atoms with Gasteiger partial charge >= 0.3 is 0 Å². The first-order valence-corrected chi connectivity index (χ1v) is 8.94. The molecule has 2 heterocycles. The number of nitrogens with zero attached hydrogens (tertiary/aromatic N) is 3. The summed E-state index contributed by atoms with van der Waals surface area (Å²) in [6, 6.07) is 0. The Bertz CT molecular complexity index is 850. The van der Waals surface area contributed by atoms with Crippen molar-refractivity contribution < 1.29 is 4.79 Å². The summed E-state index contributed by atoms with van der Waals surface area (Å²) >= 11 is 1.61. The molecular weight excluding hydrogens is 324 g/mol. The molecule has 0 fully saturated rings. The summed E-state index contributed by atoms with van der Waals surface area (Å²) in [5.74, 6) is 0.362. The van der Waals surface area contributed by atoms with Gasteiger partial charge in [-0.15, -0.1) is 17.9 Å². The molecule has 0 aliphatic heterocycles. The van der Waals surface area contributed by atoms with E-state index in [-0.39, 0.29) is 18.0 Å². The molecule has 0 spiro atoms. The Kier molecular flexibility index (Phi) is 4.71. The predicted molar refractivity (Wildman–Crippen MR) is 97.9 cm³/mol. The summed E-state index contributed by atoms with van der Waals surface area (Å²) in [4.78, 5) is 33.0. The maximum Gasteiger partial charge on any atom is 0.264 e. The highest BCUT2D eigenvalue weighted by Gasteiger charge is 2.22. The number of likely N-dealkylation sites (N-methyl/N-ethyl adjacent to an activating group) is 1. The van der Waals surface area contributed by atoms with Crippen LogP contribution in [0.15, 0.2) is 17.4 Å². The lowest BCUT2D eigenvalue weighted by molar-refractivity contribution is -0.126. The van der Waals surface area contributed by atoms with Crippen molar-refractivity contribution in [2.75, 3.05) is 26.0 Å². The molecule has 0 bridgehead atoms. The van der Waals surface area contributed by atoms with Crippen LogP contribution < -0.4 is 10.9 Å². The second-order valence-electron chi connectivity index (χ2n) is 6.17. The van der Waals surface area contributed by atoms with Crippen molar-refractivity contribution in [3.05, 3.63) is 33.4 Å². The summed E-state index contributed by atoms with van der Waals surface area (Å²) < 4.78 is 1.57. The van der Waals surface area contributed by atoms with Gasteiger partial charge in [-0.05, 0) is 31.2 Å². The number of amides is 1. The molecule has 1 N–H and O–H groups in total. The van der Waals surface area contributed by atoms with Crippen LogP contribution in [0.4, 0.5) is 5.95 Å². The number of aromatic nitrogens is 2. The molecule has 1 aliphatic rings. The average Bonchev–Trinajstić information content (AvgIpc) is 2.93. The number of thiophene rings is 1. The number of aryl methyl sites for hydroxylation is 2. The molecular formula is C17H22N4O2S. The molecule has 2 aromatic rings. The zero-order chi connectivity index (χ0) is 17.3. The van der Waals surface area contributed by atoms with Crippen molar-refractivity contribution in [3.8, 4) is 0 Å². The lowest BCUT2D eigenvalue weighted by Gasteiger charge is -2.15. The maximum absolute atomic E-state index is 13.0. The highest BCUT2D eigenvalue weighted by atomic mass is 32.1. The van der Waals surface area contributed by atoms with Gasteiger partial charge in [0.25, 0.3) is 5.56 Å². The fourth-order valence-electron chi connectivity index (χ4n) is 2.98. The molecule has 128 valence electrons.